The lowest BCUT2D eigenvalue weighted by molar-refractivity contribution is -0.142. The summed E-state index contributed by atoms with van der Waals surface area (Å²) in [6.45, 7) is 8.04. The van der Waals surface area contributed by atoms with Crippen LogP contribution in [0.3, 0.4) is 0 Å². The van der Waals surface area contributed by atoms with Crippen LogP contribution in [0.4, 0.5) is 9.59 Å². The lowest BCUT2D eigenvalue weighted by Gasteiger charge is -2.19. The highest BCUT2D eigenvalue weighted by Crippen LogP contribution is 2.05. The topological polar surface area (TPSA) is 106 Å². The molecular formula is C13H25N3O5. The molecule has 21 heavy (non-hydrogen) atoms. The molecule has 0 radical (unpaired) electrons. The first-order valence-electron chi connectivity index (χ1n) is 6.88. The fourth-order valence-electron chi connectivity index (χ4n) is 1.23. The molecule has 0 heterocycles. The molecule has 0 rings (SSSR count). The number of urea groups is 1. The molecule has 0 aliphatic carbocycles. The zero-order valence-corrected chi connectivity index (χ0v) is 13.1. The van der Waals surface area contributed by atoms with E-state index in [0.717, 1.165) is 0 Å². The lowest BCUT2D eigenvalue weighted by atomic mass is 10.2. The number of nitrogens with one attached hydrogen (secondary N) is 3. The van der Waals surface area contributed by atoms with E-state index in [4.69, 9.17) is 9.47 Å². The average molecular weight is 303 g/mol. The zero-order valence-electron chi connectivity index (χ0n) is 13.1. The predicted octanol–water partition coefficient (Wildman–Crippen LogP) is 0.764. The SMILES string of the molecule is CCOC(=O)CCNC(=O)NCCNC(=O)OC(C)(C)C. The van der Waals surface area contributed by atoms with Crippen molar-refractivity contribution in [2.24, 2.45) is 0 Å². The van der Waals surface area contributed by atoms with E-state index in [1.54, 1.807) is 27.7 Å². The number of hydrogen-bond donors (Lipinski definition) is 3. The van der Waals surface area contributed by atoms with Crippen LogP contribution in [-0.4, -0.2) is 49.9 Å². The number of hydrogen-bond acceptors (Lipinski definition) is 5. The number of carbonyl (C=O) groups excluding carboxylic acids is 3. The maximum absolute atomic E-state index is 11.3. The first-order chi connectivity index (χ1) is 9.74. The summed E-state index contributed by atoms with van der Waals surface area (Å²) >= 11 is 0. The molecule has 0 aliphatic rings. The Morgan fingerprint density at radius 3 is 2.10 bits per heavy atom. The molecular weight excluding hydrogens is 278 g/mol. The van der Waals surface area contributed by atoms with Crippen molar-refractivity contribution in [3.63, 3.8) is 0 Å². The van der Waals surface area contributed by atoms with Crippen LogP contribution in [0.25, 0.3) is 0 Å². The Hall–Kier alpha value is -1.99. The summed E-state index contributed by atoms with van der Waals surface area (Å²) in [5, 5.41) is 7.55. The van der Waals surface area contributed by atoms with Crippen LogP contribution < -0.4 is 16.0 Å². The second kappa shape index (κ2) is 9.84. The zero-order chi connectivity index (χ0) is 16.3. The molecule has 8 nitrogen and oxygen atoms in total. The molecule has 0 aromatic carbocycles. The third-order valence-electron chi connectivity index (χ3n) is 2.00. The quantitative estimate of drug-likeness (QED) is 0.476. The number of esters is 1. The van der Waals surface area contributed by atoms with Gasteiger partial charge in [0.05, 0.1) is 13.0 Å². The van der Waals surface area contributed by atoms with Crippen LogP contribution in [0.2, 0.25) is 0 Å². The van der Waals surface area contributed by atoms with Crippen molar-refractivity contribution in [1.29, 1.82) is 0 Å². The Kier molecular flexibility index (Phi) is 8.91. The van der Waals surface area contributed by atoms with Gasteiger partial charge in [0, 0.05) is 19.6 Å². The molecule has 0 bridgehead atoms. The van der Waals surface area contributed by atoms with Crippen LogP contribution in [0, 0.1) is 0 Å². The molecule has 0 fully saturated rings. The molecule has 0 aromatic heterocycles. The van der Waals surface area contributed by atoms with Gasteiger partial charge in [0.2, 0.25) is 0 Å². The Bertz CT molecular complexity index is 352. The fourth-order valence-corrected chi connectivity index (χ4v) is 1.23. The van der Waals surface area contributed by atoms with Crippen molar-refractivity contribution in [1.82, 2.24) is 16.0 Å². The van der Waals surface area contributed by atoms with Crippen LogP contribution >= 0.6 is 0 Å². The van der Waals surface area contributed by atoms with Crippen molar-refractivity contribution in [2.45, 2.75) is 39.7 Å². The van der Waals surface area contributed by atoms with E-state index in [-0.39, 0.29) is 32.0 Å². The molecule has 0 unspecified atom stereocenters. The van der Waals surface area contributed by atoms with Crippen molar-refractivity contribution in [3.8, 4) is 0 Å². The van der Waals surface area contributed by atoms with Crippen LogP contribution in [0.5, 0.6) is 0 Å². The summed E-state index contributed by atoms with van der Waals surface area (Å²) in [4.78, 5) is 33.7. The molecule has 122 valence electrons. The van der Waals surface area contributed by atoms with E-state index in [9.17, 15) is 14.4 Å². The van der Waals surface area contributed by atoms with Gasteiger partial charge in [-0.3, -0.25) is 4.79 Å². The second-order valence-corrected chi connectivity index (χ2v) is 5.17. The van der Waals surface area contributed by atoms with E-state index in [1.807, 2.05) is 0 Å². The van der Waals surface area contributed by atoms with Crippen LogP contribution in [0.15, 0.2) is 0 Å². The summed E-state index contributed by atoms with van der Waals surface area (Å²) in [6, 6.07) is -0.412. The van der Waals surface area contributed by atoms with Gasteiger partial charge >= 0.3 is 18.1 Å². The maximum Gasteiger partial charge on any atom is 0.407 e. The Morgan fingerprint density at radius 2 is 1.52 bits per heavy atom. The van der Waals surface area contributed by atoms with Crippen LogP contribution in [-0.2, 0) is 14.3 Å². The third-order valence-corrected chi connectivity index (χ3v) is 2.00. The lowest BCUT2D eigenvalue weighted by Crippen LogP contribution is -2.42. The largest absolute Gasteiger partial charge is 0.466 e. The van der Waals surface area contributed by atoms with Gasteiger partial charge in [-0.05, 0) is 27.7 Å². The van der Waals surface area contributed by atoms with Gasteiger partial charge in [-0.1, -0.05) is 0 Å². The molecule has 3 amide bonds. The fraction of sp³-hybridized carbons (Fsp3) is 0.769. The normalized spacial score (nSPS) is 10.5. The first-order valence-corrected chi connectivity index (χ1v) is 6.88. The number of carbonyl (C=O) groups is 3. The molecule has 0 saturated carbocycles. The second-order valence-electron chi connectivity index (χ2n) is 5.17. The van der Waals surface area contributed by atoms with Gasteiger partial charge in [0.25, 0.3) is 0 Å². The van der Waals surface area contributed by atoms with Crippen molar-refractivity contribution in [2.75, 3.05) is 26.2 Å². The highest BCUT2D eigenvalue weighted by Gasteiger charge is 2.15. The number of alkyl carbamates (subject to hydrolysis) is 1. The number of rotatable bonds is 7. The summed E-state index contributed by atoms with van der Waals surface area (Å²) < 4.78 is 9.75. The molecule has 0 aliphatic heterocycles. The highest BCUT2D eigenvalue weighted by molar-refractivity contribution is 5.75. The van der Waals surface area contributed by atoms with E-state index in [1.165, 1.54) is 0 Å². The average Bonchev–Trinajstić information content (AvgIpc) is 2.33. The van der Waals surface area contributed by atoms with Crippen LogP contribution in [0.1, 0.15) is 34.1 Å². The van der Waals surface area contributed by atoms with Gasteiger partial charge in [-0.15, -0.1) is 0 Å². The molecule has 0 saturated heterocycles. The number of ether oxygens (including phenoxy) is 2. The maximum atomic E-state index is 11.3. The van der Waals surface area contributed by atoms with E-state index >= 15 is 0 Å². The van der Waals surface area contributed by atoms with Crippen molar-refractivity contribution < 1.29 is 23.9 Å². The molecule has 8 heteroatoms. The minimum Gasteiger partial charge on any atom is -0.466 e. The van der Waals surface area contributed by atoms with E-state index < -0.39 is 17.7 Å². The Morgan fingerprint density at radius 1 is 0.952 bits per heavy atom. The monoisotopic (exact) mass is 303 g/mol. The highest BCUT2D eigenvalue weighted by atomic mass is 16.6. The molecule has 0 spiro atoms. The van der Waals surface area contributed by atoms with Gasteiger partial charge in [0.15, 0.2) is 0 Å². The molecule has 3 N–H and O–H groups in total. The third kappa shape index (κ3) is 12.8. The van der Waals surface area contributed by atoms with Gasteiger partial charge in [-0.2, -0.15) is 0 Å². The Balaban J connectivity index is 3.58. The number of amides is 3. The first kappa shape index (κ1) is 19.0. The summed E-state index contributed by atoms with van der Waals surface area (Å²) in [7, 11) is 0. The van der Waals surface area contributed by atoms with Gasteiger partial charge in [0.1, 0.15) is 5.60 Å². The summed E-state index contributed by atoms with van der Waals surface area (Å²) in [6.07, 6.45) is -0.413. The Labute approximate surface area is 124 Å². The van der Waals surface area contributed by atoms with Gasteiger partial charge in [-0.25, -0.2) is 9.59 Å². The molecule has 0 atom stereocenters. The van der Waals surface area contributed by atoms with Gasteiger partial charge < -0.3 is 25.4 Å². The van der Waals surface area contributed by atoms with Crippen molar-refractivity contribution in [3.05, 3.63) is 0 Å². The van der Waals surface area contributed by atoms with E-state index in [2.05, 4.69) is 16.0 Å². The minimum absolute atomic E-state index is 0.122. The summed E-state index contributed by atoms with van der Waals surface area (Å²) in [5.41, 5.74) is -0.554. The standard InChI is InChI=1S/C13H25N3O5/c1-5-20-10(17)6-7-14-11(18)15-8-9-16-12(19)21-13(2,3)4/h5-9H2,1-4H3,(H,16,19)(H2,14,15,18). The summed E-state index contributed by atoms with van der Waals surface area (Å²) in [5.74, 6) is -0.357. The minimum atomic E-state index is -0.554. The smallest absolute Gasteiger partial charge is 0.407 e. The van der Waals surface area contributed by atoms with Crippen molar-refractivity contribution >= 4 is 18.1 Å². The molecule has 0 aromatic rings. The predicted molar refractivity (Wildman–Crippen MR) is 76.9 cm³/mol. The van der Waals surface area contributed by atoms with E-state index in [0.29, 0.717) is 6.61 Å².